The minimum Gasteiger partial charge on any atom is -0.414 e. The average Bonchev–Trinajstić information content (AvgIpc) is 3.28. The Balaban J connectivity index is 1.18. The summed E-state index contributed by atoms with van der Waals surface area (Å²) in [5.74, 6) is 3.22. The summed E-state index contributed by atoms with van der Waals surface area (Å²) in [6, 6.07) is 10.6. The van der Waals surface area contributed by atoms with Crippen LogP contribution in [0.15, 0.2) is 30.3 Å². The summed E-state index contributed by atoms with van der Waals surface area (Å²) in [6.07, 6.45) is 11.2. The van der Waals surface area contributed by atoms with Crippen LogP contribution >= 0.6 is 0 Å². The molecule has 0 radical (unpaired) electrons. The van der Waals surface area contributed by atoms with Crippen molar-refractivity contribution in [1.29, 1.82) is 0 Å². The van der Waals surface area contributed by atoms with Crippen LogP contribution in [0.1, 0.15) is 92.9 Å². The van der Waals surface area contributed by atoms with Crippen LogP contribution in [0.25, 0.3) is 0 Å². The van der Waals surface area contributed by atoms with Gasteiger partial charge in [-0.25, -0.2) is 0 Å². The van der Waals surface area contributed by atoms with Crippen molar-refractivity contribution in [2.45, 2.75) is 129 Å². The van der Waals surface area contributed by atoms with Gasteiger partial charge >= 0.3 is 7.12 Å². The van der Waals surface area contributed by atoms with Gasteiger partial charge in [-0.1, -0.05) is 65.0 Å². The Morgan fingerprint density at radius 1 is 0.919 bits per heavy atom. The zero-order valence-corrected chi connectivity index (χ0v) is 25.8. The number of rotatable bonds is 3. The average molecular weight is 523 g/mol. The van der Waals surface area contributed by atoms with E-state index < -0.39 is 8.32 Å². The second-order valence-corrected chi connectivity index (χ2v) is 20.5. The van der Waals surface area contributed by atoms with Crippen molar-refractivity contribution in [3.8, 4) is 0 Å². The van der Waals surface area contributed by atoms with Crippen molar-refractivity contribution >= 4 is 20.9 Å². The second-order valence-electron chi connectivity index (χ2n) is 15.7. The molecule has 0 bridgehead atoms. The maximum Gasteiger partial charge on any atom is 0.494 e. The molecule has 4 saturated carbocycles. The van der Waals surface area contributed by atoms with Gasteiger partial charge in [0.25, 0.3) is 0 Å². The smallest absolute Gasteiger partial charge is 0.414 e. The molecule has 1 aromatic carbocycles. The van der Waals surface area contributed by atoms with Crippen molar-refractivity contribution in [2.75, 3.05) is 0 Å². The molecule has 1 aliphatic heterocycles. The summed E-state index contributed by atoms with van der Waals surface area (Å²) in [7, 11) is -1.93. The van der Waals surface area contributed by atoms with Crippen molar-refractivity contribution < 1.29 is 13.7 Å². The van der Waals surface area contributed by atoms with Gasteiger partial charge in [0.1, 0.15) is 0 Å². The third kappa shape index (κ3) is 3.91. The Bertz CT molecular complexity index is 1010. The van der Waals surface area contributed by atoms with E-state index in [0.717, 1.165) is 29.1 Å². The predicted octanol–water partition coefficient (Wildman–Crippen LogP) is 7.60. The van der Waals surface area contributed by atoms with Crippen molar-refractivity contribution in [1.82, 2.24) is 0 Å². The monoisotopic (exact) mass is 522 g/mol. The minimum atomic E-state index is -1.71. The summed E-state index contributed by atoms with van der Waals surface area (Å²) in [4.78, 5) is 0. The lowest BCUT2D eigenvalue weighted by molar-refractivity contribution is -0.146. The Hall–Kier alpha value is -0.618. The quantitative estimate of drug-likeness (QED) is 0.383. The molecule has 0 spiro atoms. The van der Waals surface area contributed by atoms with Crippen molar-refractivity contribution in [2.24, 2.45) is 34.5 Å². The molecule has 1 aromatic rings. The molecule has 0 aromatic heterocycles. The van der Waals surface area contributed by atoms with Crippen LogP contribution in [0.3, 0.4) is 0 Å². The van der Waals surface area contributed by atoms with Gasteiger partial charge < -0.3 is 13.7 Å². The lowest BCUT2D eigenvalue weighted by Crippen LogP contribution is -2.58. The van der Waals surface area contributed by atoms with E-state index in [1.165, 1.54) is 51.4 Å². The van der Waals surface area contributed by atoms with Gasteiger partial charge in [-0.05, 0) is 111 Å². The van der Waals surface area contributed by atoms with E-state index in [9.17, 15) is 0 Å². The van der Waals surface area contributed by atoms with Crippen LogP contribution in [0.5, 0.6) is 0 Å². The van der Waals surface area contributed by atoms with Crippen LogP contribution in [0.2, 0.25) is 18.1 Å². The molecule has 0 N–H and O–H groups in total. The van der Waals surface area contributed by atoms with E-state index in [1.807, 2.05) is 0 Å². The molecule has 4 aliphatic carbocycles. The van der Waals surface area contributed by atoms with E-state index in [-0.39, 0.29) is 24.2 Å². The summed E-state index contributed by atoms with van der Waals surface area (Å²) >= 11 is 0. The first-order chi connectivity index (χ1) is 17.3. The minimum absolute atomic E-state index is 0.185. The van der Waals surface area contributed by atoms with E-state index in [1.54, 1.807) is 0 Å². The third-order valence-electron chi connectivity index (χ3n) is 13.2. The molecule has 0 unspecified atom stereocenters. The fourth-order valence-corrected chi connectivity index (χ4v) is 11.1. The molecule has 5 heteroatoms. The van der Waals surface area contributed by atoms with E-state index in [4.69, 9.17) is 13.7 Å². The van der Waals surface area contributed by atoms with Crippen molar-refractivity contribution in [3.05, 3.63) is 30.3 Å². The van der Waals surface area contributed by atoms with Crippen LogP contribution in [-0.4, -0.2) is 33.2 Å². The van der Waals surface area contributed by atoms with Crippen LogP contribution in [0, 0.1) is 34.5 Å². The zero-order chi connectivity index (χ0) is 26.4. The van der Waals surface area contributed by atoms with Gasteiger partial charge in [-0.3, -0.25) is 0 Å². The highest BCUT2D eigenvalue weighted by molar-refractivity contribution is 6.74. The molecule has 0 amide bonds. The lowest BCUT2D eigenvalue weighted by Gasteiger charge is -2.62. The predicted molar refractivity (Wildman–Crippen MR) is 155 cm³/mol. The SMILES string of the molecule is CC(C)(C)[Si](C)(C)O[C@H]1CC[C@@]2(C)[C@@H](CC[C@@H]3[C@@H]2CC[C@@]2(C)[C@H]3C[C@@H]3OB(c4ccccc4)O[C@@]32C)C1. The van der Waals surface area contributed by atoms with Gasteiger partial charge in [-0.2, -0.15) is 0 Å². The first kappa shape index (κ1) is 26.6. The Labute approximate surface area is 228 Å². The fourth-order valence-electron chi connectivity index (χ4n) is 9.67. The molecule has 37 heavy (non-hydrogen) atoms. The summed E-state index contributed by atoms with van der Waals surface area (Å²) < 4.78 is 20.6. The second kappa shape index (κ2) is 8.69. The number of hydrogen-bond donors (Lipinski definition) is 0. The Morgan fingerprint density at radius 2 is 1.65 bits per heavy atom. The van der Waals surface area contributed by atoms with Crippen LogP contribution in [0.4, 0.5) is 0 Å². The summed E-state index contributed by atoms with van der Waals surface area (Å²) in [5.41, 5.74) is 1.66. The molecule has 5 fully saturated rings. The molecule has 9 atom stereocenters. The molecule has 204 valence electrons. The normalized spacial score (nSPS) is 45.7. The van der Waals surface area contributed by atoms with Crippen LogP contribution < -0.4 is 5.46 Å². The highest BCUT2D eigenvalue weighted by atomic mass is 28.4. The molecule has 5 aliphatic rings. The van der Waals surface area contributed by atoms with E-state index >= 15 is 0 Å². The fraction of sp³-hybridized carbons (Fsp3) is 0.812. The standard InChI is InChI=1S/C32H51BO3Si/c1-29(2,3)37(7,8)35-24-16-18-30(4)22(20-24)14-15-25-26(30)17-19-31(5)27(25)21-28-32(31,6)36-33(34-28)23-12-10-9-11-13-23/h9-13,22,24-28H,14-21H2,1-8H3/t22-,24-,25+,26-,27-,28-,30-,31-,32-/m0/s1. The van der Waals surface area contributed by atoms with E-state index in [0.29, 0.717) is 16.6 Å². The van der Waals surface area contributed by atoms with Gasteiger partial charge in [0.2, 0.25) is 0 Å². The molecule has 3 nitrogen and oxygen atoms in total. The van der Waals surface area contributed by atoms with E-state index in [2.05, 4.69) is 85.0 Å². The molecular weight excluding hydrogens is 471 g/mol. The summed E-state index contributed by atoms with van der Waals surface area (Å²) in [6.45, 7) is 19.6. The first-order valence-electron chi connectivity index (χ1n) is 15.3. The van der Waals surface area contributed by atoms with Crippen molar-refractivity contribution in [3.63, 3.8) is 0 Å². The number of hydrogen-bond acceptors (Lipinski definition) is 3. The zero-order valence-electron chi connectivity index (χ0n) is 24.8. The molecule has 6 rings (SSSR count). The first-order valence-corrected chi connectivity index (χ1v) is 18.3. The Kier molecular flexibility index (Phi) is 6.25. The largest absolute Gasteiger partial charge is 0.494 e. The highest BCUT2D eigenvalue weighted by Gasteiger charge is 2.70. The maximum atomic E-state index is 6.97. The maximum absolute atomic E-state index is 6.97. The number of benzene rings is 1. The molecule has 1 saturated heterocycles. The topological polar surface area (TPSA) is 27.7 Å². The van der Waals surface area contributed by atoms with Gasteiger partial charge in [0.05, 0.1) is 11.7 Å². The van der Waals surface area contributed by atoms with Crippen LogP contribution in [-0.2, 0) is 13.7 Å². The lowest BCUT2D eigenvalue weighted by atomic mass is 9.44. The molecule has 1 heterocycles. The number of fused-ring (bicyclic) bond motifs is 7. The molecular formula is C32H51BO3Si. The third-order valence-corrected chi connectivity index (χ3v) is 17.7. The Morgan fingerprint density at radius 3 is 2.35 bits per heavy atom. The van der Waals surface area contributed by atoms with Gasteiger partial charge in [-0.15, -0.1) is 0 Å². The van der Waals surface area contributed by atoms with Gasteiger partial charge in [0.15, 0.2) is 8.32 Å². The summed E-state index contributed by atoms with van der Waals surface area (Å²) in [5, 5.41) is 0.291. The van der Waals surface area contributed by atoms with Gasteiger partial charge in [0, 0.05) is 11.5 Å². The highest BCUT2D eigenvalue weighted by Crippen LogP contribution is 2.70.